The van der Waals surface area contributed by atoms with Crippen LogP contribution < -0.4 is 4.90 Å². The van der Waals surface area contributed by atoms with Crippen molar-refractivity contribution in [3.05, 3.63) is 53.9 Å². The minimum atomic E-state index is -0.145. The zero-order valence-electron chi connectivity index (χ0n) is 17.6. The van der Waals surface area contributed by atoms with Crippen molar-refractivity contribution in [1.29, 1.82) is 0 Å². The Labute approximate surface area is 175 Å². The average Bonchev–Trinajstić information content (AvgIpc) is 3.43. The molecule has 0 bridgehead atoms. The van der Waals surface area contributed by atoms with E-state index < -0.39 is 0 Å². The Morgan fingerprint density at radius 1 is 1.30 bits per heavy atom. The van der Waals surface area contributed by atoms with Crippen molar-refractivity contribution in [3.63, 3.8) is 0 Å². The van der Waals surface area contributed by atoms with Crippen molar-refractivity contribution in [1.82, 2.24) is 25.0 Å². The van der Waals surface area contributed by atoms with Crippen LogP contribution in [0.5, 0.6) is 0 Å². The van der Waals surface area contributed by atoms with Crippen LogP contribution in [-0.4, -0.2) is 51.6 Å². The average molecular weight is 406 g/mol. The van der Waals surface area contributed by atoms with Gasteiger partial charge < -0.3 is 14.3 Å². The molecular weight excluding hydrogens is 380 g/mol. The molecular formula is C22H26N6O2. The van der Waals surface area contributed by atoms with Gasteiger partial charge in [0.1, 0.15) is 5.76 Å². The van der Waals surface area contributed by atoms with Crippen LogP contribution in [0, 0.1) is 0 Å². The third kappa shape index (κ3) is 3.90. The van der Waals surface area contributed by atoms with Crippen molar-refractivity contribution in [2.75, 3.05) is 25.5 Å². The minimum absolute atomic E-state index is 0.116. The molecule has 1 fully saturated rings. The number of aryl methyl sites for hydroxylation is 1. The Balaban J connectivity index is 1.72. The number of hydrogen-bond acceptors (Lipinski definition) is 7. The molecule has 4 heterocycles. The zero-order chi connectivity index (χ0) is 21.1. The first-order chi connectivity index (χ1) is 14.6. The molecule has 3 aromatic rings. The van der Waals surface area contributed by atoms with Gasteiger partial charge in [-0.25, -0.2) is 9.97 Å². The minimum Gasteiger partial charge on any atom is -0.361 e. The predicted octanol–water partition coefficient (Wildman–Crippen LogP) is 3.52. The molecule has 8 heteroatoms. The summed E-state index contributed by atoms with van der Waals surface area (Å²) in [6, 6.07) is 5.49. The summed E-state index contributed by atoms with van der Waals surface area (Å²) in [5.74, 6) is 1.24. The molecule has 156 valence electrons. The summed E-state index contributed by atoms with van der Waals surface area (Å²) in [7, 11) is 3.82. The summed E-state index contributed by atoms with van der Waals surface area (Å²) in [5.41, 5.74) is 3.11. The Hall–Kier alpha value is -3.29. The van der Waals surface area contributed by atoms with Gasteiger partial charge in [-0.1, -0.05) is 12.1 Å². The fraction of sp³-hybridized carbons (Fsp3) is 0.409. The lowest BCUT2D eigenvalue weighted by atomic mass is 10.0. The van der Waals surface area contributed by atoms with Crippen molar-refractivity contribution < 1.29 is 9.32 Å². The quantitative estimate of drug-likeness (QED) is 0.619. The molecule has 0 spiro atoms. The van der Waals surface area contributed by atoms with Crippen LogP contribution in [-0.2, 0) is 6.42 Å². The molecule has 0 saturated carbocycles. The molecule has 30 heavy (non-hydrogen) atoms. The topological polar surface area (TPSA) is 88.3 Å². The zero-order valence-corrected chi connectivity index (χ0v) is 17.6. The monoisotopic (exact) mass is 406 g/mol. The number of likely N-dealkylation sites (tertiary alicyclic amines) is 1. The number of amides is 1. The highest BCUT2D eigenvalue weighted by atomic mass is 16.5. The van der Waals surface area contributed by atoms with Crippen LogP contribution in [0.3, 0.4) is 0 Å². The van der Waals surface area contributed by atoms with Gasteiger partial charge in [0.2, 0.25) is 5.95 Å². The second-order valence-electron chi connectivity index (χ2n) is 7.68. The first-order valence-corrected chi connectivity index (χ1v) is 10.3. The van der Waals surface area contributed by atoms with Crippen molar-refractivity contribution in [2.24, 2.45) is 0 Å². The van der Waals surface area contributed by atoms with Gasteiger partial charge in [0.25, 0.3) is 5.91 Å². The van der Waals surface area contributed by atoms with Crippen LogP contribution >= 0.6 is 0 Å². The van der Waals surface area contributed by atoms with Gasteiger partial charge in [0.15, 0.2) is 5.69 Å². The number of carbonyl (C=O) groups excluding carboxylic acids is 1. The van der Waals surface area contributed by atoms with E-state index in [0.717, 1.165) is 48.3 Å². The lowest BCUT2D eigenvalue weighted by Gasteiger charge is -2.26. The molecule has 3 aromatic heterocycles. The molecule has 1 aliphatic rings. The molecule has 1 saturated heterocycles. The van der Waals surface area contributed by atoms with Gasteiger partial charge in [-0.2, -0.15) is 0 Å². The third-order valence-electron chi connectivity index (χ3n) is 5.30. The first-order valence-electron chi connectivity index (χ1n) is 10.3. The molecule has 0 radical (unpaired) electrons. The molecule has 0 aliphatic carbocycles. The summed E-state index contributed by atoms with van der Waals surface area (Å²) in [6.45, 7) is 2.73. The van der Waals surface area contributed by atoms with Crippen LogP contribution in [0.25, 0.3) is 11.1 Å². The molecule has 1 amide bonds. The Bertz CT molecular complexity index is 1020. The summed E-state index contributed by atoms with van der Waals surface area (Å²) in [6.07, 6.45) is 8.80. The highest BCUT2D eigenvalue weighted by Gasteiger charge is 2.35. The van der Waals surface area contributed by atoms with Crippen LogP contribution in [0.1, 0.15) is 54.2 Å². The normalized spacial score (nSPS) is 16.1. The van der Waals surface area contributed by atoms with Gasteiger partial charge in [-0.3, -0.25) is 9.78 Å². The SMILES string of the molecule is CCCc1cc(C(=O)N2CCC[C@@H]2c2nc(N(C)C)ncc2-c2ccncc2)no1. The second kappa shape index (κ2) is 8.61. The van der Waals surface area contributed by atoms with Gasteiger partial charge in [0.05, 0.1) is 11.7 Å². The Kier molecular flexibility index (Phi) is 5.74. The van der Waals surface area contributed by atoms with Gasteiger partial charge >= 0.3 is 0 Å². The number of rotatable bonds is 6. The molecule has 1 aliphatic heterocycles. The maximum Gasteiger partial charge on any atom is 0.276 e. The third-order valence-corrected chi connectivity index (χ3v) is 5.30. The maximum absolute atomic E-state index is 13.3. The molecule has 0 unspecified atom stereocenters. The number of pyridine rings is 1. The number of carbonyl (C=O) groups is 1. The van der Waals surface area contributed by atoms with Gasteiger partial charge in [0, 0.05) is 57.3 Å². The van der Waals surface area contributed by atoms with E-state index in [1.807, 2.05) is 42.2 Å². The summed E-state index contributed by atoms with van der Waals surface area (Å²) < 4.78 is 5.33. The van der Waals surface area contributed by atoms with Crippen LogP contribution in [0.2, 0.25) is 0 Å². The fourth-order valence-electron chi connectivity index (χ4n) is 3.83. The van der Waals surface area contributed by atoms with Crippen molar-refractivity contribution in [2.45, 2.75) is 38.6 Å². The smallest absolute Gasteiger partial charge is 0.276 e. The van der Waals surface area contributed by atoms with Gasteiger partial charge in [-0.05, 0) is 37.0 Å². The van der Waals surface area contributed by atoms with E-state index in [9.17, 15) is 4.79 Å². The van der Waals surface area contributed by atoms with Crippen molar-refractivity contribution in [3.8, 4) is 11.1 Å². The maximum atomic E-state index is 13.3. The molecule has 8 nitrogen and oxygen atoms in total. The first kappa shape index (κ1) is 20.0. The number of anilines is 1. The van der Waals surface area contributed by atoms with E-state index in [-0.39, 0.29) is 11.9 Å². The Morgan fingerprint density at radius 2 is 2.10 bits per heavy atom. The lowest BCUT2D eigenvalue weighted by molar-refractivity contribution is 0.0722. The van der Waals surface area contributed by atoms with E-state index in [1.54, 1.807) is 18.5 Å². The summed E-state index contributed by atoms with van der Waals surface area (Å²) >= 11 is 0. The lowest BCUT2D eigenvalue weighted by Crippen LogP contribution is -2.32. The van der Waals surface area contributed by atoms with Gasteiger partial charge in [-0.15, -0.1) is 0 Å². The summed E-state index contributed by atoms with van der Waals surface area (Å²) in [5, 5.41) is 4.02. The van der Waals surface area contributed by atoms with Crippen molar-refractivity contribution >= 4 is 11.9 Å². The molecule has 4 rings (SSSR count). The standard InChI is InChI=1S/C22H26N6O2/c1-4-6-16-13-18(26-30-16)21(29)28-12-5-7-19(28)20-17(15-8-10-23-11-9-15)14-24-22(25-20)27(2)3/h8-11,13-14,19H,4-7,12H2,1-3H3/t19-/m1/s1. The van der Waals surface area contributed by atoms with E-state index in [2.05, 4.69) is 22.0 Å². The molecule has 0 aromatic carbocycles. The molecule has 0 N–H and O–H groups in total. The predicted molar refractivity (Wildman–Crippen MR) is 113 cm³/mol. The van der Waals surface area contributed by atoms with E-state index in [0.29, 0.717) is 18.2 Å². The second-order valence-corrected chi connectivity index (χ2v) is 7.68. The Morgan fingerprint density at radius 3 is 2.83 bits per heavy atom. The number of hydrogen-bond donors (Lipinski definition) is 0. The molecule has 1 atom stereocenters. The fourth-order valence-corrected chi connectivity index (χ4v) is 3.83. The van der Waals surface area contributed by atoms with Crippen LogP contribution in [0.15, 0.2) is 41.3 Å². The van der Waals surface area contributed by atoms with E-state index in [4.69, 9.17) is 9.51 Å². The highest BCUT2D eigenvalue weighted by molar-refractivity contribution is 5.93. The van der Waals surface area contributed by atoms with E-state index in [1.165, 1.54) is 0 Å². The summed E-state index contributed by atoms with van der Waals surface area (Å²) in [4.78, 5) is 30.4. The largest absolute Gasteiger partial charge is 0.361 e. The number of nitrogens with zero attached hydrogens (tertiary/aromatic N) is 6. The highest BCUT2D eigenvalue weighted by Crippen LogP contribution is 2.37. The van der Waals surface area contributed by atoms with Crippen LogP contribution in [0.4, 0.5) is 5.95 Å². The van der Waals surface area contributed by atoms with E-state index >= 15 is 0 Å². The number of aromatic nitrogens is 4.